The van der Waals surface area contributed by atoms with E-state index in [9.17, 15) is 19.5 Å². The van der Waals surface area contributed by atoms with Gasteiger partial charge in [-0.05, 0) is 112 Å². The number of aromatic hydroxyl groups is 1. The van der Waals surface area contributed by atoms with E-state index in [4.69, 9.17) is 4.74 Å². The second-order valence-electron chi connectivity index (χ2n) is 12.1. The van der Waals surface area contributed by atoms with Crippen LogP contribution in [0.2, 0.25) is 0 Å². The number of para-hydroxylation sites is 1. The fourth-order valence-corrected chi connectivity index (χ4v) is 9.10. The first kappa shape index (κ1) is 36.3. The number of piperidine rings is 1. The van der Waals surface area contributed by atoms with Crippen LogP contribution in [0.4, 0.5) is 16.2 Å². The summed E-state index contributed by atoms with van der Waals surface area (Å²) in [6.45, 7) is 3.51. The van der Waals surface area contributed by atoms with E-state index in [1.54, 1.807) is 6.07 Å². The highest BCUT2D eigenvalue weighted by atomic mass is 127. The SMILES string of the molecule is O=C(CCN1CCC(OC(=O)Nc2ccccc2-c2ccccc2)CC1)Nc1c(I)cc(CNCCc2ccc(O)c3[nH]c(=O)sc23)cc1I. The lowest BCUT2D eigenvalue weighted by Gasteiger charge is -2.31. The summed E-state index contributed by atoms with van der Waals surface area (Å²) in [5.41, 5.74) is 6.11. The Balaban J connectivity index is 0.912. The van der Waals surface area contributed by atoms with Crippen LogP contribution in [0.5, 0.6) is 5.75 Å². The van der Waals surface area contributed by atoms with Crippen LogP contribution in [0.15, 0.2) is 83.7 Å². The van der Waals surface area contributed by atoms with E-state index in [0.717, 1.165) is 70.6 Å². The zero-order chi connectivity index (χ0) is 35.0. The standard InChI is InChI=1S/C37H37I2N5O5S/c38-28-20-23(22-40-16-12-25-10-11-31(45)34-35(25)50-37(48)43-34)21-29(39)33(28)42-32(46)15-19-44-17-13-26(14-18-44)49-36(47)41-30-9-5-4-8-27(30)24-6-2-1-3-7-24/h1-11,20-21,26,40,45H,12-19,22H2,(H,41,47)(H,42,46)(H,43,48). The maximum atomic E-state index is 12.9. The smallest absolute Gasteiger partial charge is 0.411 e. The molecule has 0 saturated carbocycles. The van der Waals surface area contributed by atoms with Gasteiger partial charge >= 0.3 is 11.0 Å². The van der Waals surface area contributed by atoms with Crippen LogP contribution in [-0.2, 0) is 22.5 Å². The minimum absolute atomic E-state index is 0.0335. The summed E-state index contributed by atoms with van der Waals surface area (Å²) in [4.78, 5) is 42.3. The van der Waals surface area contributed by atoms with Gasteiger partial charge in [0, 0.05) is 45.3 Å². The third-order valence-corrected chi connectivity index (χ3v) is 11.3. The molecule has 13 heteroatoms. The maximum Gasteiger partial charge on any atom is 0.411 e. The van der Waals surface area contributed by atoms with E-state index >= 15 is 0 Å². The Morgan fingerprint density at radius 1 is 0.960 bits per heavy atom. The number of fused-ring (bicyclic) bond motifs is 1. The summed E-state index contributed by atoms with van der Waals surface area (Å²) in [5.74, 6) is 0.0515. The molecule has 0 bridgehead atoms. The Hall–Kier alpha value is -3.51. The maximum absolute atomic E-state index is 12.9. The molecule has 50 heavy (non-hydrogen) atoms. The molecule has 260 valence electrons. The number of phenolic OH excluding ortho intramolecular Hbond substituents is 1. The van der Waals surface area contributed by atoms with Crippen LogP contribution in [0, 0.1) is 7.14 Å². The number of H-pyrrole nitrogens is 1. The predicted octanol–water partition coefficient (Wildman–Crippen LogP) is 7.55. The van der Waals surface area contributed by atoms with Crippen LogP contribution in [0.1, 0.15) is 30.4 Å². The van der Waals surface area contributed by atoms with Crippen LogP contribution < -0.4 is 20.8 Å². The van der Waals surface area contributed by atoms with Gasteiger partial charge in [-0.3, -0.25) is 14.9 Å². The molecule has 2 amide bonds. The molecule has 0 atom stereocenters. The van der Waals surface area contributed by atoms with Crippen molar-refractivity contribution in [3.8, 4) is 16.9 Å². The molecule has 1 aliphatic heterocycles. The third-order valence-electron chi connectivity index (χ3n) is 8.62. The van der Waals surface area contributed by atoms with Crippen molar-refractivity contribution < 1.29 is 19.4 Å². The largest absolute Gasteiger partial charge is 0.506 e. The van der Waals surface area contributed by atoms with E-state index in [1.165, 1.54) is 0 Å². The first-order valence-electron chi connectivity index (χ1n) is 16.4. The molecule has 0 unspecified atom stereocenters. The molecule has 0 spiro atoms. The number of phenols is 1. The Bertz CT molecular complexity index is 2010. The van der Waals surface area contributed by atoms with Gasteiger partial charge in [0.15, 0.2) is 0 Å². The zero-order valence-electron chi connectivity index (χ0n) is 27.1. The Morgan fingerprint density at radius 3 is 2.44 bits per heavy atom. The molecular weight excluding hydrogens is 880 g/mol. The highest BCUT2D eigenvalue weighted by Gasteiger charge is 2.23. The second kappa shape index (κ2) is 17.1. The number of benzene rings is 4. The predicted molar refractivity (Wildman–Crippen MR) is 216 cm³/mol. The van der Waals surface area contributed by atoms with Gasteiger partial charge in [-0.25, -0.2) is 4.79 Å². The molecule has 5 aromatic rings. The summed E-state index contributed by atoms with van der Waals surface area (Å²) in [5, 5.41) is 19.5. The van der Waals surface area contributed by atoms with E-state index in [0.29, 0.717) is 50.1 Å². The lowest BCUT2D eigenvalue weighted by Crippen LogP contribution is -2.39. The topological polar surface area (TPSA) is 136 Å². The van der Waals surface area contributed by atoms with Crippen molar-refractivity contribution >= 4 is 90.1 Å². The van der Waals surface area contributed by atoms with E-state index < -0.39 is 6.09 Å². The highest BCUT2D eigenvalue weighted by Crippen LogP contribution is 2.30. The van der Waals surface area contributed by atoms with Crippen LogP contribution in [0.25, 0.3) is 21.3 Å². The number of hydrogen-bond acceptors (Lipinski definition) is 8. The third kappa shape index (κ3) is 9.42. The molecule has 0 radical (unpaired) electrons. The molecule has 1 saturated heterocycles. The number of amides is 2. The summed E-state index contributed by atoms with van der Waals surface area (Å²) in [7, 11) is 0. The average molecular weight is 918 g/mol. The van der Waals surface area contributed by atoms with Gasteiger partial charge in [-0.15, -0.1) is 0 Å². The van der Waals surface area contributed by atoms with Gasteiger partial charge in [0.25, 0.3) is 0 Å². The molecule has 0 aliphatic carbocycles. The van der Waals surface area contributed by atoms with Crippen molar-refractivity contribution in [2.45, 2.75) is 38.3 Å². The Kier molecular flexibility index (Phi) is 12.4. The van der Waals surface area contributed by atoms with Crippen molar-refractivity contribution in [3.63, 3.8) is 0 Å². The van der Waals surface area contributed by atoms with Crippen molar-refractivity contribution in [1.82, 2.24) is 15.2 Å². The Morgan fingerprint density at radius 2 is 1.68 bits per heavy atom. The molecular formula is C37H37I2N5O5S. The summed E-state index contributed by atoms with van der Waals surface area (Å²) >= 11 is 5.64. The fourth-order valence-electron chi connectivity index (χ4n) is 6.04. The molecule has 2 heterocycles. The van der Waals surface area contributed by atoms with Gasteiger partial charge < -0.3 is 30.4 Å². The number of thiazole rings is 1. The number of carbonyl (C=O) groups is 2. The number of nitrogens with one attached hydrogen (secondary N) is 4. The first-order valence-corrected chi connectivity index (χ1v) is 19.4. The van der Waals surface area contributed by atoms with Crippen LogP contribution in [-0.4, -0.2) is 59.3 Å². The second-order valence-corrected chi connectivity index (χ2v) is 15.4. The van der Waals surface area contributed by atoms with Gasteiger partial charge in [0.2, 0.25) is 5.91 Å². The van der Waals surface area contributed by atoms with E-state index in [1.807, 2.05) is 60.7 Å². The normalized spacial score (nSPS) is 13.7. The molecule has 6 rings (SSSR count). The molecule has 1 aromatic heterocycles. The number of aromatic nitrogens is 1. The number of hydrogen-bond donors (Lipinski definition) is 5. The van der Waals surface area contributed by atoms with Crippen molar-refractivity contribution in [3.05, 3.63) is 107 Å². The molecule has 5 N–H and O–H groups in total. The minimum atomic E-state index is -0.454. The summed E-state index contributed by atoms with van der Waals surface area (Å²) in [6.07, 6.45) is 1.90. The summed E-state index contributed by atoms with van der Waals surface area (Å²) in [6, 6.07) is 25.2. The van der Waals surface area contributed by atoms with Crippen LogP contribution >= 0.6 is 56.5 Å². The van der Waals surface area contributed by atoms with Crippen molar-refractivity contribution in [2.24, 2.45) is 0 Å². The lowest BCUT2D eigenvalue weighted by atomic mass is 10.0. The van der Waals surface area contributed by atoms with Gasteiger partial charge in [0.1, 0.15) is 17.4 Å². The van der Waals surface area contributed by atoms with Gasteiger partial charge in [-0.1, -0.05) is 65.9 Å². The zero-order valence-corrected chi connectivity index (χ0v) is 32.3. The number of rotatable bonds is 12. The number of aromatic amines is 1. The molecule has 1 fully saturated rings. The first-order chi connectivity index (χ1) is 24.2. The number of halogens is 2. The fraction of sp³-hybridized carbons (Fsp3) is 0.270. The number of carbonyl (C=O) groups excluding carboxylic acids is 2. The number of ether oxygens (including phenoxy) is 1. The average Bonchev–Trinajstić information content (AvgIpc) is 3.52. The van der Waals surface area contributed by atoms with E-state index in [-0.39, 0.29) is 22.6 Å². The van der Waals surface area contributed by atoms with Gasteiger partial charge in [-0.2, -0.15) is 0 Å². The van der Waals surface area contributed by atoms with Crippen molar-refractivity contribution in [1.29, 1.82) is 0 Å². The molecule has 10 nitrogen and oxygen atoms in total. The number of anilines is 2. The molecule has 4 aromatic carbocycles. The van der Waals surface area contributed by atoms with Gasteiger partial charge in [0.05, 0.1) is 16.1 Å². The summed E-state index contributed by atoms with van der Waals surface area (Å²) < 4.78 is 8.50. The lowest BCUT2D eigenvalue weighted by molar-refractivity contribution is -0.116. The number of likely N-dealkylation sites (tertiary alicyclic amines) is 1. The van der Waals surface area contributed by atoms with Crippen molar-refractivity contribution in [2.75, 3.05) is 36.8 Å². The number of nitrogens with zero attached hydrogens (tertiary/aromatic N) is 1. The quantitative estimate of drug-likeness (QED) is 0.0645. The van der Waals surface area contributed by atoms with Crippen LogP contribution in [0.3, 0.4) is 0 Å². The Labute approximate surface area is 321 Å². The van der Waals surface area contributed by atoms with E-state index in [2.05, 4.69) is 83.1 Å². The molecule has 1 aliphatic rings. The monoisotopic (exact) mass is 917 g/mol. The highest BCUT2D eigenvalue weighted by molar-refractivity contribution is 14.1. The minimum Gasteiger partial charge on any atom is -0.506 e.